The first-order valence-electron chi connectivity index (χ1n) is 4.37. The molecule has 5 heteroatoms. The Morgan fingerprint density at radius 2 is 2.33 bits per heavy atom. The number of H-pyrrole nitrogens is 1. The highest BCUT2D eigenvalue weighted by Gasteiger charge is 2.09. The number of nitrogens with one attached hydrogen (secondary N) is 1. The average Bonchev–Trinajstić information content (AvgIpc) is 2.16. The van der Waals surface area contributed by atoms with Crippen LogP contribution >= 0.6 is 28.1 Å². The highest BCUT2D eigenvalue weighted by Crippen LogP contribution is 2.22. The Morgan fingerprint density at radius 3 is 2.73 bits per heavy atom. The fraction of sp³-hybridized carbons (Fsp3) is 0.200. The summed E-state index contributed by atoms with van der Waals surface area (Å²) < 4.78 is 2.59. The molecule has 15 heavy (non-hydrogen) atoms. The zero-order chi connectivity index (χ0) is 11.6. The number of aromatic amines is 1. The van der Waals surface area contributed by atoms with E-state index in [1.165, 1.54) is 4.57 Å². The standard InChI is InChI=1S/C10H11BrN2OS/c1-4-7-8(6(3)11)9(15)13(5-2)10(14)12-7/h4H,1,3,5H2,2H3,(H,12,14). The Bertz CT molecular complexity index is 527. The molecule has 0 aliphatic carbocycles. The summed E-state index contributed by atoms with van der Waals surface area (Å²) in [6.45, 7) is 9.78. The van der Waals surface area contributed by atoms with Gasteiger partial charge in [0.05, 0.1) is 5.69 Å². The Balaban J connectivity index is 3.77. The van der Waals surface area contributed by atoms with Crippen molar-refractivity contribution in [1.29, 1.82) is 0 Å². The van der Waals surface area contributed by atoms with Gasteiger partial charge in [0.25, 0.3) is 0 Å². The summed E-state index contributed by atoms with van der Waals surface area (Å²) in [6.07, 6.45) is 1.55. The quantitative estimate of drug-likeness (QED) is 0.868. The molecule has 0 aliphatic heterocycles. The molecule has 1 N–H and O–H groups in total. The monoisotopic (exact) mass is 286 g/mol. The van der Waals surface area contributed by atoms with E-state index in [-0.39, 0.29) is 5.69 Å². The normalized spacial score (nSPS) is 10.0. The molecule has 0 aromatic carbocycles. The fourth-order valence-corrected chi connectivity index (χ4v) is 2.27. The highest BCUT2D eigenvalue weighted by atomic mass is 79.9. The van der Waals surface area contributed by atoms with Gasteiger partial charge in [0.1, 0.15) is 4.64 Å². The first kappa shape index (κ1) is 12.1. The van der Waals surface area contributed by atoms with Crippen LogP contribution in [0.4, 0.5) is 0 Å². The van der Waals surface area contributed by atoms with E-state index >= 15 is 0 Å². The van der Waals surface area contributed by atoms with Crippen LogP contribution in [0.1, 0.15) is 18.2 Å². The molecule has 0 spiro atoms. The van der Waals surface area contributed by atoms with E-state index in [1.54, 1.807) is 6.08 Å². The maximum atomic E-state index is 11.6. The van der Waals surface area contributed by atoms with Crippen molar-refractivity contribution in [3.8, 4) is 0 Å². The molecule has 0 amide bonds. The first-order chi connectivity index (χ1) is 7.02. The van der Waals surface area contributed by atoms with Crippen molar-refractivity contribution in [1.82, 2.24) is 9.55 Å². The smallest absolute Gasteiger partial charge is 0.307 e. The molecule has 1 aromatic rings. The van der Waals surface area contributed by atoms with Crippen molar-refractivity contribution in [3.05, 3.63) is 39.5 Å². The molecular weight excluding hydrogens is 276 g/mol. The van der Waals surface area contributed by atoms with Crippen molar-refractivity contribution >= 4 is 38.7 Å². The average molecular weight is 287 g/mol. The van der Waals surface area contributed by atoms with Crippen LogP contribution in [0.2, 0.25) is 0 Å². The second kappa shape index (κ2) is 4.72. The van der Waals surface area contributed by atoms with Crippen LogP contribution in [0, 0.1) is 4.64 Å². The molecule has 0 saturated carbocycles. The molecule has 1 aromatic heterocycles. The minimum Gasteiger partial charge on any atom is -0.307 e. The Morgan fingerprint density at radius 1 is 1.73 bits per heavy atom. The van der Waals surface area contributed by atoms with Crippen molar-refractivity contribution in [2.24, 2.45) is 0 Å². The van der Waals surface area contributed by atoms with Gasteiger partial charge in [-0.15, -0.1) is 0 Å². The number of halogens is 1. The van der Waals surface area contributed by atoms with E-state index in [0.29, 0.717) is 26.9 Å². The van der Waals surface area contributed by atoms with Crippen LogP contribution in [0.3, 0.4) is 0 Å². The third-order valence-corrected chi connectivity index (χ3v) is 2.83. The highest BCUT2D eigenvalue weighted by molar-refractivity contribution is 9.15. The lowest BCUT2D eigenvalue weighted by Crippen LogP contribution is -2.24. The molecule has 0 saturated heterocycles. The van der Waals surface area contributed by atoms with E-state index < -0.39 is 0 Å². The molecule has 1 rings (SSSR count). The molecule has 0 aliphatic rings. The summed E-state index contributed by atoms with van der Waals surface area (Å²) >= 11 is 8.48. The van der Waals surface area contributed by atoms with E-state index in [0.717, 1.165) is 0 Å². The zero-order valence-corrected chi connectivity index (χ0v) is 10.7. The van der Waals surface area contributed by atoms with Gasteiger partial charge in [-0.25, -0.2) is 4.79 Å². The van der Waals surface area contributed by atoms with Crippen LogP contribution in [-0.4, -0.2) is 9.55 Å². The molecule has 0 bridgehead atoms. The van der Waals surface area contributed by atoms with Crippen LogP contribution in [0.15, 0.2) is 18.0 Å². The predicted molar refractivity (Wildman–Crippen MR) is 69.6 cm³/mol. The van der Waals surface area contributed by atoms with Gasteiger partial charge in [0.15, 0.2) is 0 Å². The van der Waals surface area contributed by atoms with E-state index in [1.807, 2.05) is 6.92 Å². The Labute approximate surface area is 101 Å². The first-order valence-corrected chi connectivity index (χ1v) is 5.57. The molecule has 0 radical (unpaired) electrons. The van der Waals surface area contributed by atoms with Gasteiger partial charge in [-0.2, -0.15) is 0 Å². The van der Waals surface area contributed by atoms with E-state index in [9.17, 15) is 4.79 Å². The SMILES string of the molecule is C=Cc1[nH]c(=O)n(CC)c(=S)c1C(=C)Br. The van der Waals surface area contributed by atoms with E-state index in [2.05, 4.69) is 34.1 Å². The molecule has 0 fully saturated rings. The summed E-state index contributed by atoms with van der Waals surface area (Å²) in [7, 11) is 0. The van der Waals surface area contributed by atoms with Gasteiger partial charge < -0.3 is 4.98 Å². The van der Waals surface area contributed by atoms with Gasteiger partial charge in [0.2, 0.25) is 0 Å². The lowest BCUT2D eigenvalue weighted by atomic mass is 10.2. The second-order valence-electron chi connectivity index (χ2n) is 2.88. The van der Waals surface area contributed by atoms with E-state index in [4.69, 9.17) is 12.2 Å². The Hall–Kier alpha value is -0.940. The van der Waals surface area contributed by atoms with Gasteiger partial charge >= 0.3 is 5.69 Å². The molecule has 3 nitrogen and oxygen atoms in total. The summed E-state index contributed by atoms with van der Waals surface area (Å²) in [5.41, 5.74) is 1.08. The minimum absolute atomic E-state index is 0.227. The predicted octanol–water partition coefficient (Wildman–Crippen LogP) is 2.93. The van der Waals surface area contributed by atoms with Crippen molar-refractivity contribution in [3.63, 3.8) is 0 Å². The van der Waals surface area contributed by atoms with Crippen molar-refractivity contribution in [2.45, 2.75) is 13.5 Å². The summed E-state index contributed by atoms with van der Waals surface area (Å²) in [6, 6.07) is 0. The maximum Gasteiger partial charge on any atom is 0.326 e. The largest absolute Gasteiger partial charge is 0.326 e. The van der Waals surface area contributed by atoms with Crippen LogP contribution in [-0.2, 0) is 6.54 Å². The number of rotatable bonds is 3. The van der Waals surface area contributed by atoms with Crippen LogP contribution in [0.25, 0.3) is 10.6 Å². The summed E-state index contributed by atoms with van der Waals surface area (Å²) in [4.78, 5) is 14.3. The zero-order valence-electron chi connectivity index (χ0n) is 8.34. The third-order valence-electron chi connectivity index (χ3n) is 2.01. The molecular formula is C10H11BrN2OS. The number of aromatic nitrogens is 2. The van der Waals surface area contributed by atoms with Crippen molar-refractivity contribution < 1.29 is 0 Å². The topological polar surface area (TPSA) is 37.8 Å². The molecule has 1 heterocycles. The minimum atomic E-state index is -0.227. The number of hydrogen-bond donors (Lipinski definition) is 1. The lowest BCUT2D eigenvalue weighted by Gasteiger charge is -2.09. The molecule has 0 unspecified atom stereocenters. The summed E-state index contributed by atoms with van der Waals surface area (Å²) in [5, 5.41) is 0. The second-order valence-corrected chi connectivity index (χ2v) is 4.22. The fourth-order valence-electron chi connectivity index (χ4n) is 1.29. The Kier molecular flexibility index (Phi) is 3.82. The maximum absolute atomic E-state index is 11.6. The van der Waals surface area contributed by atoms with Gasteiger partial charge in [0, 0.05) is 16.6 Å². The molecule has 80 valence electrons. The lowest BCUT2D eigenvalue weighted by molar-refractivity contribution is 0.685. The number of nitrogens with zero attached hydrogens (tertiary/aromatic N) is 1. The summed E-state index contributed by atoms with van der Waals surface area (Å²) in [5.74, 6) is 0. The number of hydrogen-bond acceptors (Lipinski definition) is 2. The molecule has 0 atom stereocenters. The van der Waals surface area contributed by atoms with Gasteiger partial charge in [-0.1, -0.05) is 41.3 Å². The van der Waals surface area contributed by atoms with Crippen LogP contribution < -0.4 is 5.69 Å². The van der Waals surface area contributed by atoms with Gasteiger partial charge in [-0.3, -0.25) is 4.57 Å². The van der Waals surface area contributed by atoms with Crippen LogP contribution in [0.5, 0.6) is 0 Å². The third kappa shape index (κ3) is 2.18. The van der Waals surface area contributed by atoms with Gasteiger partial charge in [-0.05, 0) is 13.0 Å². The van der Waals surface area contributed by atoms with Crippen molar-refractivity contribution in [2.75, 3.05) is 0 Å².